The highest BCUT2D eigenvalue weighted by molar-refractivity contribution is 5.76. The third-order valence-electron chi connectivity index (χ3n) is 3.86. The van der Waals surface area contributed by atoms with E-state index in [1.807, 2.05) is 6.92 Å². The smallest absolute Gasteiger partial charge is 0.394 e. The van der Waals surface area contributed by atoms with Gasteiger partial charge in [0.15, 0.2) is 5.58 Å². The summed E-state index contributed by atoms with van der Waals surface area (Å²) in [4.78, 5) is 16.5. The molecule has 2 heterocycles. The van der Waals surface area contributed by atoms with Gasteiger partial charge in [0, 0.05) is 13.1 Å². The van der Waals surface area contributed by atoms with Gasteiger partial charge in [-0.3, -0.25) is 4.79 Å². The highest BCUT2D eigenvalue weighted by atomic mass is 19.4. The summed E-state index contributed by atoms with van der Waals surface area (Å²) < 4.78 is 44.4. The number of anilines is 1. The quantitative estimate of drug-likeness (QED) is 0.923. The van der Waals surface area contributed by atoms with E-state index in [1.54, 1.807) is 18.2 Å². The molecule has 1 saturated heterocycles. The van der Waals surface area contributed by atoms with Crippen molar-refractivity contribution in [2.75, 3.05) is 18.0 Å². The molecule has 0 radical (unpaired) electrons. The zero-order valence-corrected chi connectivity index (χ0v) is 11.6. The van der Waals surface area contributed by atoms with Crippen LogP contribution in [0.5, 0.6) is 0 Å². The third kappa shape index (κ3) is 2.49. The lowest BCUT2D eigenvalue weighted by Gasteiger charge is -2.17. The van der Waals surface area contributed by atoms with Crippen LogP contribution in [0.3, 0.4) is 0 Å². The second kappa shape index (κ2) is 4.89. The van der Waals surface area contributed by atoms with Crippen molar-refractivity contribution < 1.29 is 27.5 Å². The van der Waals surface area contributed by atoms with Crippen LogP contribution in [0.2, 0.25) is 0 Å². The van der Waals surface area contributed by atoms with Gasteiger partial charge in [-0.2, -0.15) is 18.2 Å². The molecular formula is C14H13F3N2O3. The first-order chi connectivity index (χ1) is 10.3. The van der Waals surface area contributed by atoms with E-state index in [0.29, 0.717) is 11.1 Å². The van der Waals surface area contributed by atoms with Crippen LogP contribution >= 0.6 is 0 Å². The Hall–Kier alpha value is -2.25. The number of nitrogens with zero attached hydrogens (tertiary/aromatic N) is 2. The van der Waals surface area contributed by atoms with E-state index in [1.165, 1.54) is 4.90 Å². The maximum atomic E-state index is 13.0. The molecule has 2 atom stereocenters. The Morgan fingerprint density at radius 2 is 2.14 bits per heavy atom. The SMILES string of the molecule is Cc1ccc2oc(N3C[C@@H](C(F)(F)F)[C@H](C(=O)O)C3)nc2c1. The van der Waals surface area contributed by atoms with Crippen LogP contribution in [0.25, 0.3) is 11.1 Å². The van der Waals surface area contributed by atoms with Crippen molar-refractivity contribution in [1.29, 1.82) is 0 Å². The molecule has 0 spiro atoms. The molecule has 22 heavy (non-hydrogen) atoms. The van der Waals surface area contributed by atoms with E-state index in [-0.39, 0.29) is 12.6 Å². The predicted molar refractivity (Wildman–Crippen MR) is 71.6 cm³/mol. The zero-order chi connectivity index (χ0) is 16.1. The van der Waals surface area contributed by atoms with Gasteiger partial charge in [0.05, 0.1) is 11.8 Å². The Bertz CT molecular complexity index is 726. The summed E-state index contributed by atoms with van der Waals surface area (Å²) in [6.45, 7) is 1.13. The fourth-order valence-electron chi connectivity index (χ4n) is 2.70. The second-order valence-electron chi connectivity index (χ2n) is 5.47. The van der Waals surface area contributed by atoms with Crippen LogP contribution in [-0.4, -0.2) is 35.3 Å². The fraction of sp³-hybridized carbons (Fsp3) is 0.429. The maximum absolute atomic E-state index is 13.0. The summed E-state index contributed by atoms with van der Waals surface area (Å²) in [5, 5.41) is 9.01. The molecule has 1 fully saturated rings. The van der Waals surface area contributed by atoms with Crippen molar-refractivity contribution in [3.05, 3.63) is 23.8 Å². The van der Waals surface area contributed by atoms with E-state index in [9.17, 15) is 18.0 Å². The molecule has 0 bridgehead atoms. The van der Waals surface area contributed by atoms with Gasteiger partial charge in [0.25, 0.3) is 6.01 Å². The van der Waals surface area contributed by atoms with E-state index < -0.39 is 30.5 Å². The minimum absolute atomic E-state index is 0.0265. The summed E-state index contributed by atoms with van der Waals surface area (Å²) in [5.41, 5.74) is 1.95. The number of benzene rings is 1. The molecule has 3 rings (SSSR count). The molecule has 1 aliphatic heterocycles. The van der Waals surface area contributed by atoms with Crippen LogP contribution in [0.1, 0.15) is 5.56 Å². The van der Waals surface area contributed by atoms with Crippen LogP contribution < -0.4 is 4.90 Å². The summed E-state index contributed by atoms with van der Waals surface area (Å²) in [6, 6.07) is 5.28. The number of halogens is 3. The van der Waals surface area contributed by atoms with Gasteiger partial charge in [0.1, 0.15) is 5.52 Å². The molecule has 0 aliphatic carbocycles. The van der Waals surface area contributed by atoms with Crippen LogP contribution in [-0.2, 0) is 4.79 Å². The number of alkyl halides is 3. The minimum atomic E-state index is -4.57. The lowest BCUT2D eigenvalue weighted by molar-refractivity contribution is -0.187. The van der Waals surface area contributed by atoms with Crippen LogP contribution in [0, 0.1) is 18.8 Å². The van der Waals surface area contributed by atoms with Crippen molar-refractivity contribution in [1.82, 2.24) is 4.98 Å². The number of fused-ring (bicyclic) bond motifs is 1. The zero-order valence-electron chi connectivity index (χ0n) is 11.6. The molecule has 118 valence electrons. The van der Waals surface area contributed by atoms with Crippen molar-refractivity contribution in [3.63, 3.8) is 0 Å². The largest absolute Gasteiger partial charge is 0.481 e. The Balaban J connectivity index is 1.92. The van der Waals surface area contributed by atoms with Crippen LogP contribution in [0.15, 0.2) is 22.6 Å². The fourth-order valence-corrected chi connectivity index (χ4v) is 2.70. The molecule has 1 aromatic carbocycles. The van der Waals surface area contributed by atoms with Gasteiger partial charge in [-0.1, -0.05) is 6.07 Å². The minimum Gasteiger partial charge on any atom is -0.481 e. The standard InChI is InChI=1S/C14H13F3N2O3/c1-7-2-3-11-10(4-7)18-13(22-11)19-5-8(12(20)21)9(6-19)14(15,16)17/h2-4,8-9H,5-6H2,1H3,(H,20,21)/t8-,9-/m1/s1. The highest BCUT2D eigenvalue weighted by Crippen LogP contribution is 2.39. The lowest BCUT2D eigenvalue weighted by Crippen LogP contribution is -2.33. The molecule has 8 heteroatoms. The third-order valence-corrected chi connectivity index (χ3v) is 3.86. The molecule has 5 nitrogen and oxygen atoms in total. The van der Waals surface area contributed by atoms with Crippen molar-refractivity contribution in [3.8, 4) is 0 Å². The predicted octanol–water partition coefficient (Wildman–Crippen LogP) is 2.84. The first kappa shape index (κ1) is 14.7. The van der Waals surface area contributed by atoms with Gasteiger partial charge in [-0.25, -0.2) is 0 Å². The monoisotopic (exact) mass is 314 g/mol. The summed E-state index contributed by atoms with van der Waals surface area (Å²) in [5.74, 6) is -4.91. The normalized spacial score (nSPS) is 22.5. The summed E-state index contributed by atoms with van der Waals surface area (Å²) in [6.07, 6.45) is -4.57. The molecule has 1 aliphatic rings. The Morgan fingerprint density at radius 3 is 2.73 bits per heavy atom. The number of hydrogen-bond acceptors (Lipinski definition) is 4. The Kier molecular flexibility index (Phi) is 3.26. The average molecular weight is 314 g/mol. The molecular weight excluding hydrogens is 301 g/mol. The average Bonchev–Trinajstić information content (AvgIpc) is 3.00. The lowest BCUT2D eigenvalue weighted by atomic mass is 9.96. The van der Waals surface area contributed by atoms with E-state index >= 15 is 0 Å². The topological polar surface area (TPSA) is 66.6 Å². The number of aromatic nitrogens is 1. The Morgan fingerprint density at radius 1 is 1.41 bits per heavy atom. The number of carbonyl (C=O) groups is 1. The summed E-state index contributed by atoms with van der Waals surface area (Å²) >= 11 is 0. The number of hydrogen-bond donors (Lipinski definition) is 1. The van der Waals surface area contributed by atoms with Gasteiger partial charge in [0.2, 0.25) is 0 Å². The molecule has 0 unspecified atom stereocenters. The molecule has 0 saturated carbocycles. The number of aliphatic carboxylic acids is 1. The number of aryl methyl sites for hydroxylation is 1. The highest BCUT2D eigenvalue weighted by Gasteiger charge is 2.53. The molecule has 0 amide bonds. The second-order valence-corrected chi connectivity index (χ2v) is 5.47. The van der Waals surface area contributed by atoms with Gasteiger partial charge < -0.3 is 14.4 Å². The Labute approximate surface area is 123 Å². The van der Waals surface area contributed by atoms with Gasteiger partial charge in [-0.15, -0.1) is 0 Å². The van der Waals surface area contributed by atoms with Crippen molar-refractivity contribution >= 4 is 23.1 Å². The van der Waals surface area contributed by atoms with Gasteiger partial charge in [-0.05, 0) is 24.6 Å². The molecule has 1 aromatic heterocycles. The maximum Gasteiger partial charge on any atom is 0.394 e. The van der Waals surface area contributed by atoms with E-state index in [4.69, 9.17) is 9.52 Å². The molecule has 2 aromatic rings. The summed E-state index contributed by atoms with van der Waals surface area (Å²) in [7, 11) is 0. The van der Waals surface area contributed by atoms with Crippen molar-refractivity contribution in [2.45, 2.75) is 13.1 Å². The number of rotatable bonds is 2. The number of carboxylic acid groups (broad SMARTS) is 1. The first-order valence-corrected chi connectivity index (χ1v) is 6.67. The van der Waals surface area contributed by atoms with E-state index in [0.717, 1.165) is 5.56 Å². The van der Waals surface area contributed by atoms with Crippen LogP contribution in [0.4, 0.5) is 19.2 Å². The number of oxazole rings is 1. The molecule has 1 N–H and O–H groups in total. The number of carboxylic acids is 1. The first-order valence-electron chi connectivity index (χ1n) is 6.67. The van der Waals surface area contributed by atoms with E-state index in [2.05, 4.69) is 4.98 Å². The van der Waals surface area contributed by atoms with Gasteiger partial charge >= 0.3 is 12.1 Å². The van der Waals surface area contributed by atoms with Crippen molar-refractivity contribution in [2.24, 2.45) is 11.8 Å².